The molecule has 1 nitrogen and oxygen atoms in total. The van der Waals surface area contributed by atoms with E-state index in [1.807, 2.05) is 0 Å². The van der Waals surface area contributed by atoms with Gasteiger partial charge in [-0.2, -0.15) is 0 Å². The van der Waals surface area contributed by atoms with Crippen LogP contribution >= 0.6 is 27.5 Å². The van der Waals surface area contributed by atoms with Gasteiger partial charge in [0.1, 0.15) is 5.15 Å². The molecule has 16 heavy (non-hydrogen) atoms. The largest absolute Gasteiger partial charge is 0.236 e. The number of fused-ring (bicyclic) bond motifs is 1. The summed E-state index contributed by atoms with van der Waals surface area (Å²) in [5.74, 6) is 0. The van der Waals surface area contributed by atoms with Crippen LogP contribution in [0.3, 0.4) is 0 Å². The zero-order valence-electron chi connectivity index (χ0n) is 9.35. The Morgan fingerprint density at radius 1 is 1.12 bits per heavy atom. The summed E-state index contributed by atoms with van der Waals surface area (Å²) in [6.07, 6.45) is 1.88. The van der Waals surface area contributed by atoms with Crippen molar-refractivity contribution in [2.75, 3.05) is 0 Å². The van der Waals surface area contributed by atoms with E-state index in [4.69, 9.17) is 11.6 Å². The standard InChI is InChI=1S/C13H13BrClN/c1-3-8-6-11(14)7-10-5-9(4-2)13(15)16-12(8)10/h5-7H,3-4H2,1-2H3. The van der Waals surface area contributed by atoms with Crippen LogP contribution in [0.2, 0.25) is 5.15 Å². The van der Waals surface area contributed by atoms with Crippen molar-refractivity contribution in [2.24, 2.45) is 0 Å². The van der Waals surface area contributed by atoms with Crippen LogP contribution in [0.4, 0.5) is 0 Å². The number of pyridine rings is 1. The smallest absolute Gasteiger partial charge is 0.132 e. The number of benzene rings is 1. The fourth-order valence-corrected chi connectivity index (χ4v) is 2.66. The van der Waals surface area contributed by atoms with E-state index in [1.54, 1.807) is 0 Å². The van der Waals surface area contributed by atoms with Gasteiger partial charge in [-0.3, -0.25) is 0 Å². The summed E-state index contributed by atoms with van der Waals surface area (Å²) >= 11 is 9.68. The molecular formula is C13H13BrClN. The lowest BCUT2D eigenvalue weighted by Gasteiger charge is -2.08. The Labute approximate surface area is 109 Å². The number of aromatic nitrogens is 1. The molecule has 2 rings (SSSR count). The predicted octanol–water partition coefficient (Wildman–Crippen LogP) is 4.78. The summed E-state index contributed by atoms with van der Waals surface area (Å²) in [5.41, 5.74) is 3.36. The zero-order chi connectivity index (χ0) is 11.7. The Kier molecular flexibility index (Phi) is 3.50. The van der Waals surface area contributed by atoms with E-state index in [-0.39, 0.29) is 0 Å². The monoisotopic (exact) mass is 297 g/mol. The van der Waals surface area contributed by atoms with Crippen LogP contribution in [0.25, 0.3) is 10.9 Å². The fourth-order valence-electron chi connectivity index (χ4n) is 1.86. The van der Waals surface area contributed by atoms with Gasteiger partial charge in [-0.25, -0.2) is 4.98 Å². The molecule has 0 fully saturated rings. The molecule has 0 atom stereocenters. The second-order valence-corrected chi connectivity index (χ2v) is 5.06. The molecule has 0 aliphatic carbocycles. The first kappa shape index (κ1) is 11.9. The maximum atomic E-state index is 6.15. The minimum absolute atomic E-state index is 0.632. The van der Waals surface area contributed by atoms with Crippen molar-refractivity contribution in [1.82, 2.24) is 4.98 Å². The molecule has 84 valence electrons. The van der Waals surface area contributed by atoms with Crippen molar-refractivity contribution in [1.29, 1.82) is 0 Å². The number of rotatable bonds is 2. The van der Waals surface area contributed by atoms with E-state index >= 15 is 0 Å². The van der Waals surface area contributed by atoms with Crippen LogP contribution in [0, 0.1) is 0 Å². The third-order valence-corrected chi connectivity index (χ3v) is 3.53. The summed E-state index contributed by atoms with van der Waals surface area (Å²) in [4.78, 5) is 4.50. The highest BCUT2D eigenvalue weighted by Crippen LogP contribution is 2.27. The molecule has 0 amide bonds. The van der Waals surface area contributed by atoms with Gasteiger partial charge in [0, 0.05) is 9.86 Å². The van der Waals surface area contributed by atoms with Gasteiger partial charge in [0.05, 0.1) is 5.52 Å². The minimum atomic E-state index is 0.632. The van der Waals surface area contributed by atoms with Crippen molar-refractivity contribution >= 4 is 38.4 Å². The van der Waals surface area contributed by atoms with Crippen molar-refractivity contribution in [3.05, 3.63) is 39.0 Å². The van der Waals surface area contributed by atoms with E-state index in [2.05, 4.69) is 53.0 Å². The molecular weight excluding hydrogens is 286 g/mol. The van der Waals surface area contributed by atoms with Gasteiger partial charge < -0.3 is 0 Å². The second kappa shape index (κ2) is 4.72. The second-order valence-electron chi connectivity index (χ2n) is 3.78. The SMILES string of the molecule is CCc1cc2cc(Br)cc(CC)c2nc1Cl. The number of aryl methyl sites for hydroxylation is 2. The quantitative estimate of drug-likeness (QED) is 0.727. The Balaban J connectivity index is 2.79. The molecule has 0 aliphatic rings. The molecule has 2 aromatic rings. The molecule has 0 saturated carbocycles. The van der Waals surface area contributed by atoms with E-state index in [0.29, 0.717) is 5.15 Å². The Bertz CT molecular complexity index is 537. The van der Waals surface area contributed by atoms with E-state index in [9.17, 15) is 0 Å². The van der Waals surface area contributed by atoms with Gasteiger partial charge in [-0.1, -0.05) is 41.4 Å². The first-order valence-electron chi connectivity index (χ1n) is 5.43. The van der Waals surface area contributed by atoms with Gasteiger partial charge in [-0.05, 0) is 42.2 Å². The van der Waals surface area contributed by atoms with Crippen LogP contribution < -0.4 is 0 Å². The minimum Gasteiger partial charge on any atom is -0.236 e. The van der Waals surface area contributed by atoms with Crippen LogP contribution in [-0.4, -0.2) is 4.98 Å². The highest BCUT2D eigenvalue weighted by atomic mass is 79.9. The lowest BCUT2D eigenvalue weighted by atomic mass is 10.1. The van der Waals surface area contributed by atoms with E-state index in [0.717, 1.165) is 33.8 Å². The third kappa shape index (κ3) is 2.09. The predicted molar refractivity (Wildman–Crippen MR) is 73.2 cm³/mol. The molecule has 0 radical (unpaired) electrons. The van der Waals surface area contributed by atoms with Crippen molar-refractivity contribution in [3.8, 4) is 0 Å². The van der Waals surface area contributed by atoms with Crippen LogP contribution in [-0.2, 0) is 12.8 Å². The average Bonchev–Trinajstić information content (AvgIpc) is 2.28. The average molecular weight is 299 g/mol. The maximum absolute atomic E-state index is 6.15. The fraction of sp³-hybridized carbons (Fsp3) is 0.308. The summed E-state index contributed by atoms with van der Waals surface area (Å²) in [6, 6.07) is 6.34. The van der Waals surface area contributed by atoms with Gasteiger partial charge in [-0.15, -0.1) is 0 Å². The Hall–Kier alpha value is -0.600. The summed E-state index contributed by atoms with van der Waals surface area (Å²) in [7, 11) is 0. The molecule has 0 aliphatic heterocycles. The summed E-state index contributed by atoms with van der Waals surface area (Å²) in [6.45, 7) is 4.22. The normalized spacial score (nSPS) is 11.0. The van der Waals surface area contributed by atoms with Gasteiger partial charge in [0.25, 0.3) is 0 Å². The molecule has 0 spiro atoms. The lowest BCUT2D eigenvalue weighted by Crippen LogP contribution is -1.92. The summed E-state index contributed by atoms with van der Waals surface area (Å²) in [5, 5.41) is 1.79. The topological polar surface area (TPSA) is 12.9 Å². The Morgan fingerprint density at radius 2 is 1.81 bits per heavy atom. The first-order chi connectivity index (χ1) is 7.65. The van der Waals surface area contributed by atoms with Crippen molar-refractivity contribution < 1.29 is 0 Å². The first-order valence-corrected chi connectivity index (χ1v) is 6.60. The van der Waals surface area contributed by atoms with Gasteiger partial charge in [0.15, 0.2) is 0 Å². The van der Waals surface area contributed by atoms with Crippen LogP contribution in [0.5, 0.6) is 0 Å². The van der Waals surface area contributed by atoms with Crippen molar-refractivity contribution in [3.63, 3.8) is 0 Å². The number of halogens is 2. The molecule has 0 unspecified atom stereocenters. The number of hydrogen-bond acceptors (Lipinski definition) is 1. The van der Waals surface area contributed by atoms with E-state index in [1.165, 1.54) is 5.56 Å². The highest BCUT2D eigenvalue weighted by Gasteiger charge is 2.07. The molecule has 1 heterocycles. The number of hydrogen-bond donors (Lipinski definition) is 0. The van der Waals surface area contributed by atoms with E-state index < -0.39 is 0 Å². The van der Waals surface area contributed by atoms with Gasteiger partial charge >= 0.3 is 0 Å². The summed E-state index contributed by atoms with van der Waals surface area (Å²) < 4.78 is 1.10. The molecule has 1 aromatic carbocycles. The lowest BCUT2D eigenvalue weighted by molar-refractivity contribution is 1.10. The van der Waals surface area contributed by atoms with Crippen molar-refractivity contribution in [2.45, 2.75) is 26.7 Å². The molecule has 0 bridgehead atoms. The van der Waals surface area contributed by atoms with Crippen LogP contribution in [0.15, 0.2) is 22.7 Å². The molecule has 3 heteroatoms. The van der Waals surface area contributed by atoms with Gasteiger partial charge in [0.2, 0.25) is 0 Å². The zero-order valence-corrected chi connectivity index (χ0v) is 11.7. The Morgan fingerprint density at radius 3 is 2.44 bits per heavy atom. The molecule has 0 saturated heterocycles. The maximum Gasteiger partial charge on any atom is 0.132 e. The number of nitrogens with zero attached hydrogens (tertiary/aromatic N) is 1. The molecule has 1 aromatic heterocycles. The highest BCUT2D eigenvalue weighted by molar-refractivity contribution is 9.10. The third-order valence-electron chi connectivity index (χ3n) is 2.75. The molecule has 0 N–H and O–H groups in total. The van der Waals surface area contributed by atoms with Crippen LogP contribution in [0.1, 0.15) is 25.0 Å².